The molecule has 1 N–H and O–H groups in total. The van der Waals surface area contributed by atoms with Gasteiger partial charge < -0.3 is 9.84 Å². The number of likely N-dealkylation sites (N-methyl/N-ethyl adjacent to an activating group) is 1. The zero-order valence-corrected chi connectivity index (χ0v) is 11.0. The van der Waals surface area contributed by atoms with Gasteiger partial charge in [0.2, 0.25) is 0 Å². The molecule has 0 aromatic carbocycles. The van der Waals surface area contributed by atoms with Crippen molar-refractivity contribution in [2.24, 2.45) is 11.3 Å². The Kier molecular flexibility index (Phi) is 3.46. The van der Waals surface area contributed by atoms with Gasteiger partial charge in [-0.25, -0.2) is 0 Å². The first-order chi connectivity index (χ1) is 7.99. The first-order valence-electron chi connectivity index (χ1n) is 6.56. The second-order valence-corrected chi connectivity index (χ2v) is 5.71. The maximum atomic E-state index is 11.2. The quantitative estimate of drug-likeness (QED) is 0.794. The summed E-state index contributed by atoms with van der Waals surface area (Å²) in [4.78, 5) is 13.5. The van der Waals surface area contributed by atoms with Crippen LogP contribution in [0.15, 0.2) is 0 Å². The molecule has 1 saturated heterocycles. The Morgan fingerprint density at radius 2 is 2.18 bits per heavy atom. The number of aliphatic carboxylic acids is 1. The Balaban J connectivity index is 2.09. The smallest absolute Gasteiger partial charge is 0.310 e. The van der Waals surface area contributed by atoms with Crippen molar-refractivity contribution < 1.29 is 14.6 Å². The third-order valence-electron chi connectivity index (χ3n) is 4.70. The molecule has 0 radical (unpaired) electrons. The second kappa shape index (κ2) is 4.58. The van der Waals surface area contributed by atoms with Gasteiger partial charge in [0, 0.05) is 12.1 Å². The molecule has 4 heteroatoms. The SMILES string of the molecule is CCN(C1COCC1C(=O)O)C(C)C1(C)CC1. The molecule has 17 heavy (non-hydrogen) atoms. The Morgan fingerprint density at radius 1 is 1.53 bits per heavy atom. The lowest BCUT2D eigenvalue weighted by Gasteiger charge is -2.38. The zero-order valence-electron chi connectivity index (χ0n) is 11.0. The summed E-state index contributed by atoms with van der Waals surface area (Å²) >= 11 is 0. The number of rotatable bonds is 5. The highest BCUT2D eigenvalue weighted by atomic mass is 16.5. The lowest BCUT2D eigenvalue weighted by atomic mass is 9.94. The molecule has 0 bridgehead atoms. The number of ether oxygens (including phenoxy) is 1. The van der Waals surface area contributed by atoms with Gasteiger partial charge in [0.1, 0.15) is 0 Å². The van der Waals surface area contributed by atoms with Gasteiger partial charge in [-0.1, -0.05) is 13.8 Å². The van der Waals surface area contributed by atoms with Crippen LogP contribution in [0, 0.1) is 11.3 Å². The lowest BCUT2D eigenvalue weighted by molar-refractivity contribution is -0.143. The van der Waals surface area contributed by atoms with Crippen LogP contribution in [0.1, 0.15) is 33.6 Å². The van der Waals surface area contributed by atoms with Crippen molar-refractivity contribution in [2.75, 3.05) is 19.8 Å². The van der Waals surface area contributed by atoms with Crippen LogP contribution >= 0.6 is 0 Å². The maximum absolute atomic E-state index is 11.2. The average Bonchev–Trinajstić information content (AvgIpc) is 2.86. The van der Waals surface area contributed by atoms with Gasteiger partial charge in [-0.3, -0.25) is 9.69 Å². The molecule has 2 aliphatic rings. The zero-order chi connectivity index (χ0) is 12.6. The molecule has 2 rings (SSSR count). The molecule has 1 aliphatic heterocycles. The van der Waals surface area contributed by atoms with E-state index in [9.17, 15) is 9.90 Å². The maximum Gasteiger partial charge on any atom is 0.310 e. The van der Waals surface area contributed by atoms with Crippen LogP contribution in [-0.4, -0.2) is 47.8 Å². The van der Waals surface area contributed by atoms with Gasteiger partial charge in [-0.05, 0) is 31.7 Å². The van der Waals surface area contributed by atoms with E-state index in [-0.39, 0.29) is 12.0 Å². The molecule has 3 unspecified atom stereocenters. The third-order valence-corrected chi connectivity index (χ3v) is 4.70. The molecule has 2 fully saturated rings. The normalized spacial score (nSPS) is 32.7. The van der Waals surface area contributed by atoms with Crippen LogP contribution in [-0.2, 0) is 9.53 Å². The third kappa shape index (κ3) is 2.33. The Labute approximate surface area is 103 Å². The Hall–Kier alpha value is -0.610. The fourth-order valence-electron chi connectivity index (χ4n) is 2.92. The van der Waals surface area contributed by atoms with E-state index in [1.54, 1.807) is 0 Å². The minimum atomic E-state index is -0.723. The van der Waals surface area contributed by atoms with E-state index in [0.717, 1.165) is 6.54 Å². The van der Waals surface area contributed by atoms with Crippen LogP contribution in [0.5, 0.6) is 0 Å². The van der Waals surface area contributed by atoms with Crippen molar-refractivity contribution in [1.82, 2.24) is 4.90 Å². The number of hydrogen-bond acceptors (Lipinski definition) is 3. The minimum absolute atomic E-state index is 0.0462. The van der Waals surface area contributed by atoms with Crippen molar-refractivity contribution in [2.45, 2.75) is 45.7 Å². The van der Waals surface area contributed by atoms with Crippen molar-refractivity contribution in [3.63, 3.8) is 0 Å². The fourth-order valence-corrected chi connectivity index (χ4v) is 2.92. The first-order valence-corrected chi connectivity index (χ1v) is 6.56. The molecule has 1 heterocycles. The van der Waals surface area contributed by atoms with Gasteiger partial charge in [0.25, 0.3) is 0 Å². The van der Waals surface area contributed by atoms with Gasteiger partial charge in [0.15, 0.2) is 0 Å². The van der Waals surface area contributed by atoms with Crippen LogP contribution < -0.4 is 0 Å². The molecule has 0 spiro atoms. The molecule has 1 saturated carbocycles. The van der Waals surface area contributed by atoms with E-state index < -0.39 is 5.97 Å². The first kappa shape index (κ1) is 12.8. The molecule has 98 valence electrons. The molecule has 0 aromatic heterocycles. The monoisotopic (exact) mass is 241 g/mol. The standard InChI is InChI=1S/C13H23NO3/c1-4-14(9(2)13(3)5-6-13)11-8-17-7-10(11)12(15)16/h9-11H,4-8H2,1-3H3,(H,15,16). The van der Waals surface area contributed by atoms with Crippen LogP contribution in [0.2, 0.25) is 0 Å². The van der Waals surface area contributed by atoms with Crippen molar-refractivity contribution >= 4 is 5.97 Å². The highest BCUT2D eigenvalue weighted by molar-refractivity contribution is 5.71. The molecule has 3 atom stereocenters. The minimum Gasteiger partial charge on any atom is -0.481 e. The van der Waals surface area contributed by atoms with Crippen LogP contribution in [0.4, 0.5) is 0 Å². The largest absolute Gasteiger partial charge is 0.481 e. The summed E-state index contributed by atoms with van der Waals surface area (Å²) in [5.74, 6) is -1.08. The average molecular weight is 241 g/mol. The highest BCUT2D eigenvalue weighted by Gasteiger charge is 2.48. The van der Waals surface area contributed by atoms with E-state index in [1.165, 1.54) is 12.8 Å². The topological polar surface area (TPSA) is 49.8 Å². The van der Waals surface area contributed by atoms with Crippen LogP contribution in [0.25, 0.3) is 0 Å². The molecule has 0 aromatic rings. The van der Waals surface area contributed by atoms with E-state index in [0.29, 0.717) is 24.7 Å². The van der Waals surface area contributed by atoms with Crippen molar-refractivity contribution in [3.8, 4) is 0 Å². The van der Waals surface area contributed by atoms with Gasteiger partial charge in [0.05, 0.1) is 19.1 Å². The van der Waals surface area contributed by atoms with Gasteiger partial charge >= 0.3 is 5.97 Å². The predicted molar refractivity (Wildman–Crippen MR) is 64.9 cm³/mol. The van der Waals surface area contributed by atoms with E-state index >= 15 is 0 Å². The summed E-state index contributed by atoms with van der Waals surface area (Å²) in [5, 5.41) is 9.22. The lowest BCUT2D eigenvalue weighted by Crippen LogP contribution is -2.50. The number of nitrogens with zero attached hydrogens (tertiary/aromatic N) is 1. The molecule has 0 amide bonds. The molecular weight excluding hydrogens is 218 g/mol. The number of carbonyl (C=O) groups is 1. The predicted octanol–water partition coefficient (Wildman–Crippen LogP) is 1.60. The van der Waals surface area contributed by atoms with Crippen LogP contribution in [0.3, 0.4) is 0 Å². The second-order valence-electron chi connectivity index (χ2n) is 5.71. The number of hydrogen-bond donors (Lipinski definition) is 1. The Morgan fingerprint density at radius 3 is 2.65 bits per heavy atom. The van der Waals surface area contributed by atoms with Gasteiger partial charge in [-0.2, -0.15) is 0 Å². The summed E-state index contributed by atoms with van der Waals surface area (Å²) in [6.45, 7) is 8.46. The van der Waals surface area contributed by atoms with E-state index in [4.69, 9.17) is 4.74 Å². The summed E-state index contributed by atoms with van der Waals surface area (Å²) in [6, 6.07) is 0.492. The van der Waals surface area contributed by atoms with Gasteiger partial charge in [-0.15, -0.1) is 0 Å². The fraction of sp³-hybridized carbons (Fsp3) is 0.923. The molecule has 1 aliphatic carbocycles. The number of carboxylic acids is 1. The summed E-state index contributed by atoms with van der Waals surface area (Å²) in [7, 11) is 0. The molecular formula is C13H23NO3. The number of carboxylic acid groups (broad SMARTS) is 1. The summed E-state index contributed by atoms with van der Waals surface area (Å²) in [5.41, 5.74) is 0.391. The highest BCUT2D eigenvalue weighted by Crippen LogP contribution is 2.50. The van der Waals surface area contributed by atoms with E-state index in [1.807, 2.05) is 0 Å². The van der Waals surface area contributed by atoms with Crippen molar-refractivity contribution in [3.05, 3.63) is 0 Å². The summed E-state index contributed by atoms with van der Waals surface area (Å²) < 4.78 is 5.37. The summed E-state index contributed by atoms with van der Waals surface area (Å²) in [6.07, 6.45) is 2.52. The van der Waals surface area contributed by atoms with Crippen molar-refractivity contribution in [1.29, 1.82) is 0 Å². The van der Waals surface area contributed by atoms with E-state index in [2.05, 4.69) is 25.7 Å². The molecule has 4 nitrogen and oxygen atoms in total. The Bertz CT molecular complexity index is 301.